The van der Waals surface area contributed by atoms with E-state index in [1.165, 1.54) is 6.33 Å². The number of aryl methyl sites for hydroxylation is 1. The van der Waals surface area contributed by atoms with Crippen molar-refractivity contribution >= 4 is 28.7 Å². The van der Waals surface area contributed by atoms with Crippen molar-refractivity contribution in [1.82, 2.24) is 19.5 Å². The number of hydrogen-bond donors (Lipinski definition) is 3. The summed E-state index contributed by atoms with van der Waals surface area (Å²) >= 11 is 0. The maximum absolute atomic E-state index is 13.7. The molecule has 1 fully saturated rings. The van der Waals surface area contributed by atoms with Crippen LogP contribution in [0.3, 0.4) is 0 Å². The average Bonchev–Trinajstić information content (AvgIpc) is 3.24. The smallest absolute Gasteiger partial charge is 0.382 e. The summed E-state index contributed by atoms with van der Waals surface area (Å²) in [6.45, 7) is 5.36. The third-order valence-electron chi connectivity index (χ3n) is 6.41. The molecule has 2 amide bonds. The van der Waals surface area contributed by atoms with Crippen LogP contribution in [0.1, 0.15) is 16.8 Å². The Labute approximate surface area is 220 Å². The predicted molar refractivity (Wildman–Crippen MR) is 138 cm³/mol. The topological polar surface area (TPSA) is 110 Å². The summed E-state index contributed by atoms with van der Waals surface area (Å²) < 4.78 is 59.8. The Morgan fingerprint density at radius 3 is 2.59 bits per heavy atom. The van der Waals surface area contributed by atoms with E-state index >= 15 is 0 Å². The van der Waals surface area contributed by atoms with E-state index in [0.29, 0.717) is 54.5 Å². The van der Waals surface area contributed by atoms with Crippen LogP contribution in [0, 0.1) is 12.7 Å². The zero-order chi connectivity index (χ0) is 27.7. The van der Waals surface area contributed by atoms with Gasteiger partial charge in [0.1, 0.15) is 17.7 Å². The number of amides is 2. The van der Waals surface area contributed by atoms with Gasteiger partial charge in [-0.2, -0.15) is 18.3 Å². The lowest BCUT2D eigenvalue weighted by atomic mass is 10.0. The predicted octanol–water partition coefficient (Wildman–Crippen LogP) is 4.92. The number of alkyl halides is 3. The number of carbonyl (C=O) groups is 1. The number of nitrogens with zero attached hydrogens (tertiary/aromatic N) is 4. The molecule has 0 saturated carbocycles. The fraction of sp³-hybridized carbons (Fsp3) is 0.269. The fourth-order valence-corrected chi connectivity index (χ4v) is 4.54. The number of morpholine rings is 1. The number of nitrogens with one attached hydrogen (secondary N) is 2. The molecule has 39 heavy (non-hydrogen) atoms. The van der Waals surface area contributed by atoms with Gasteiger partial charge in [-0.05, 0) is 54.4 Å². The molecule has 0 atom stereocenters. The van der Waals surface area contributed by atoms with Crippen molar-refractivity contribution < 1.29 is 27.1 Å². The SMILES string of the molecule is Cc1cc(-c2cc(CN3CCOCC3)n3ncnc(N)c23)ccc1NC(=O)Nc1cc(F)cc(C(F)(F)F)c1. The quantitative estimate of drug-likeness (QED) is 0.308. The fourth-order valence-electron chi connectivity index (χ4n) is 4.54. The number of fused-ring (bicyclic) bond motifs is 1. The summed E-state index contributed by atoms with van der Waals surface area (Å²) in [7, 11) is 0. The highest BCUT2D eigenvalue weighted by Crippen LogP contribution is 2.34. The molecule has 1 saturated heterocycles. The standard InChI is InChI=1S/C26H25F4N7O2/c1-15-8-16(2-3-22(15)35-25(38)34-19-10-17(26(28,29)30)9-18(27)11-19)21-12-20(13-36-4-6-39-7-5-36)37-23(21)24(31)32-14-33-37/h2-3,8-12,14H,4-7,13H2,1H3,(H2,31,32,33)(H2,34,35,38). The molecule has 13 heteroatoms. The number of ether oxygens (including phenoxy) is 1. The summed E-state index contributed by atoms with van der Waals surface area (Å²) in [5, 5.41) is 9.25. The van der Waals surface area contributed by atoms with Crippen LogP contribution in [0.4, 0.5) is 39.5 Å². The molecule has 0 unspecified atom stereocenters. The molecular weight excluding hydrogens is 518 g/mol. The van der Waals surface area contributed by atoms with Crippen LogP contribution in [0.2, 0.25) is 0 Å². The molecule has 0 bridgehead atoms. The Bertz CT molecular complexity index is 1530. The van der Waals surface area contributed by atoms with E-state index in [0.717, 1.165) is 36.0 Å². The van der Waals surface area contributed by atoms with Crippen LogP contribution in [0.15, 0.2) is 48.8 Å². The number of anilines is 3. The Kier molecular flexibility index (Phi) is 7.10. The van der Waals surface area contributed by atoms with Crippen LogP contribution in [-0.4, -0.2) is 51.8 Å². The summed E-state index contributed by atoms with van der Waals surface area (Å²) in [6, 6.07) is 8.33. The number of nitrogens with two attached hydrogens (primary N) is 1. The summed E-state index contributed by atoms with van der Waals surface area (Å²) in [5.74, 6) is -0.794. The summed E-state index contributed by atoms with van der Waals surface area (Å²) in [6.07, 6.45) is -3.34. The van der Waals surface area contributed by atoms with Gasteiger partial charge in [0.15, 0.2) is 5.82 Å². The number of hydrogen-bond acceptors (Lipinski definition) is 6. The van der Waals surface area contributed by atoms with Gasteiger partial charge in [0.25, 0.3) is 0 Å². The van der Waals surface area contributed by atoms with Crippen LogP contribution in [0.25, 0.3) is 16.6 Å². The van der Waals surface area contributed by atoms with Crippen molar-refractivity contribution in [2.24, 2.45) is 0 Å². The molecule has 3 heterocycles. The van der Waals surface area contributed by atoms with E-state index in [9.17, 15) is 22.4 Å². The number of nitrogen functional groups attached to an aromatic ring is 1. The van der Waals surface area contributed by atoms with E-state index < -0.39 is 23.6 Å². The van der Waals surface area contributed by atoms with Crippen molar-refractivity contribution in [1.29, 1.82) is 0 Å². The van der Waals surface area contributed by atoms with Crippen molar-refractivity contribution in [3.63, 3.8) is 0 Å². The van der Waals surface area contributed by atoms with Gasteiger partial charge < -0.3 is 21.1 Å². The molecule has 2 aromatic carbocycles. The lowest BCUT2D eigenvalue weighted by molar-refractivity contribution is -0.137. The Balaban J connectivity index is 1.38. The second-order valence-corrected chi connectivity index (χ2v) is 9.18. The molecule has 5 rings (SSSR count). The van der Waals surface area contributed by atoms with E-state index in [2.05, 4.69) is 25.6 Å². The number of rotatable bonds is 5. The number of urea groups is 1. The van der Waals surface area contributed by atoms with Gasteiger partial charge in [-0.1, -0.05) is 6.07 Å². The first-order chi connectivity index (χ1) is 18.6. The zero-order valence-electron chi connectivity index (χ0n) is 20.8. The van der Waals surface area contributed by atoms with Crippen LogP contribution < -0.4 is 16.4 Å². The minimum Gasteiger partial charge on any atom is -0.382 e. The van der Waals surface area contributed by atoms with Crippen molar-refractivity contribution in [3.05, 3.63) is 71.4 Å². The number of carbonyl (C=O) groups excluding carboxylic acids is 1. The molecule has 2 aromatic heterocycles. The molecule has 0 spiro atoms. The molecule has 0 radical (unpaired) electrons. The Hall–Kier alpha value is -4.23. The maximum atomic E-state index is 13.7. The Morgan fingerprint density at radius 2 is 1.87 bits per heavy atom. The van der Waals surface area contributed by atoms with Crippen molar-refractivity contribution in [2.75, 3.05) is 42.7 Å². The highest BCUT2D eigenvalue weighted by atomic mass is 19.4. The maximum Gasteiger partial charge on any atom is 0.416 e. The van der Waals surface area contributed by atoms with Crippen LogP contribution in [0.5, 0.6) is 0 Å². The molecular formula is C26H25F4N7O2. The summed E-state index contributed by atoms with van der Waals surface area (Å²) in [4.78, 5) is 18.9. The molecule has 4 N–H and O–H groups in total. The third-order valence-corrected chi connectivity index (χ3v) is 6.41. The van der Waals surface area contributed by atoms with Gasteiger partial charge in [-0.15, -0.1) is 0 Å². The van der Waals surface area contributed by atoms with Gasteiger partial charge in [-0.25, -0.2) is 18.7 Å². The van der Waals surface area contributed by atoms with Gasteiger partial charge >= 0.3 is 12.2 Å². The minimum absolute atomic E-state index is 0.320. The second kappa shape index (κ2) is 10.5. The number of halogens is 4. The molecule has 1 aliphatic rings. The molecule has 4 aromatic rings. The first kappa shape index (κ1) is 26.4. The average molecular weight is 544 g/mol. The number of aromatic nitrogens is 3. The van der Waals surface area contributed by atoms with E-state index in [1.807, 2.05) is 12.1 Å². The van der Waals surface area contributed by atoms with E-state index in [4.69, 9.17) is 10.5 Å². The minimum atomic E-state index is -4.75. The first-order valence-corrected chi connectivity index (χ1v) is 12.1. The molecule has 9 nitrogen and oxygen atoms in total. The second-order valence-electron chi connectivity index (χ2n) is 9.18. The zero-order valence-corrected chi connectivity index (χ0v) is 20.8. The molecule has 0 aliphatic carbocycles. The molecule has 204 valence electrons. The number of benzene rings is 2. The highest BCUT2D eigenvalue weighted by Gasteiger charge is 2.31. The van der Waals surface area contributed by atoms with Crippen molar-refractivity contribution in [2.45, 2.75) is 19.6 Å². The largest absolute Gasteiger partial charge is 0.416 e. The lowest BCUT2D eigenvalue weighted by Gasteiger charge is -2.26. The molecule has 1 aliphatic heterocycles. The van der Waals surface area contributed by atoms with Crippen molar-refractivity contribution in [3.8, 4) is 11.1 Å². The van der Waals surface area contributed by atoms with E-state index in [-0.39, 0.29) is 5.69 Å². The Morgan fingerprint density at radius 1 is 1.10 bits per heavy atom. The van der Waals surface area contributed by atoms with Gasteiger partial charge in [-0.3, -0.25) is 4.90 Å². The van der Waals surface area contributed by atoms with Gasteiger partial charge in [0, 0.05) is 36.6 Å². The first-order valence-electron chi connectivity index (χ1n) is 12.1. The van der Waals surface area contributed by atoms with Crippen LogP contribution in [-0.2, 0) is 17.5 Å². The lowest BCUT2D eigenvalue weighted by Crippen LogP contribution is -2.36. The third kappa shape index (κ3) is 5.78. The highest BCUT2D eigenvalue weighted by molar-refractivity contribution is 6.00. The van der Waals surface area contributed by atoms with Crippen LogP contribution >= 0.6 is 0 Å². The van der Waals surface area contributed by atoms with Gasteiger partial charge in [0.05, 0.1) is 24.5 Å². The normalized spacial score (nSPS) is 14.5. The van der Waals surface area contributed by atoms with E-state index in [1.54, 1.807) is 23.6 Å². The van der Waals surface area contributed by atoms with Gasteiger partial charge in [0.2, 0.25) is 0 Å². The summed E-state index contributed by atoms with van der Waals surface area (Å²) in [5.41, 5.74) is 9.03. The monoisotopic (exact) mass is 543 g/mol.